The summed E-state index contributed by atoms with van der Waals surface area (Å²) in [6.45, 7) is 1.31. The molecule has 2 bridgehead atoms. The van der Waals surface area contributed by atoms with Crippen molar-refractivity contribution in [3.8, 4) is 10.4 Å². The SMILES string of the molecule is CC(=O)c1c(C2C[C@H]3CC[C@@H](C2)N3C(=O)C(N)=NC=N)nc2c(-c3cnc(CO)s3)cnn2c1N. The maximum atomic E-state index is 12.8. The minimum Gasteiger partial charge on any atom is -0.389 e. The fraction of sp³-hybridized carbons (Fsp3) is 0.409. The Labute approximate surface area is 204 Å². The Morgan fingerprint density at radius 3 is 2.63 bits per heavy atom. The van der Waals surface area contributed by atoms with Gasteiger partial charge in [0, 0.05) is 24.2 Å². The minimum absolute atomic E-state index is 0.0669. The van der Waals surface area contributed by atoms with Gasteiger partial charge in [-0.25, -0.2) is 15.0 Å². The van der Waals surface area contributed by atoms with Crippen molar-refractivity contribution in [3.63, 3.8) is 0 Å². The Kier molecular flexibility index (Phi) is 5.81. The van der Waals surface area contributed by atoms with Crippen molar-refractivity contribution in [1.29, 1.82) is 5.41 Å². The van der Waals surface area contributed by atoms with Crippen LogP contribution in [-0.4, -0.2) is 65.5 Å². The molecule has 1 unspecified atom stereocenters. The molecule has 5 rings (SSSR count). The highest BCUT2D eigenvalue weighted by atomic mass is 32.1. The van der Waals surface area contributed by atoms with Crippen LogP contribution in [0.1, 0.15) is 59.6 Å². The second kappa shape index (κ2) is 8.82. The molecule has 12 nitrogen and oxygen atoms in total. The van der Waals surface area contributed by atoms with Crippen molar-refractivity contribution in [2.45, 2.75) is 57.2 Å². The van der Waals surface area contributed by atoms with E-state index in [1.807, 2.05) is 0 Å². The van der Waals surface area contributed by atoms with Crippen LogP contribution < -0.4 is 11.5 Å². The highest BCUT2D eigenvalue weighted by Crippen LogP contribution is 2.44. The Bertz CT molecular complexity index is 1360. The number of rotatable bonds is 5. The minimum atomic E-state index is -0.364. The van der Waals surface area contributed by atoms with Gasteiger partial charge in [0.2, 0.25) is 0 Å². The zero-order valence-corrected chi connectivity index (χ0v) is 19.8. The first-order valence-corrected chi connectivity index (χ1v) is 12.0. The van der Waals surface area contributed by atoms with Crippen LogP contribution in [0.2, 0.25) is 0 Å². The van der Waals surface area contributed by atoms with E-state index in [2.05, 4.69) is 15.1 Å². The van der Waals surface area contributed by atoms with Crippen LogP contribution in [0.25, 0.3) is 16.1 Å². The molecule has 0 saturated carbocycles. The molecule has 1 amide bonds. The van der Waals surface area contributed by atoms with Crippen molar-refractivity contribution in [2.24, 2.45) is 10.7 Å². The van der Waals surface area contributed by atoms with E-state index in [1.165, 1.54) is 22.8 Å². The second-order valence-electron chi connectivity index (χ2n) is 8.79. The topological polar surface area (TPSA) is 189 Å². The molecule has 5 heterocycles. The van der Waals surface area contributed by atoms with Gasteiger partial charge >= 0.3 is 0 Å². The molecule has 3 aromatic heterocycles. The Hall–Kier alpha value is -3.71. The summed E-state index contributed by atoms with van der Waals surface area (Å²) in [6, 6.07) is -0.134. The van der Waals surface area contributed by atoms with Gasteiger partial charge in [-0.15, -0.1) is 11.3 Å². The summed E-state index contributed by atoms with van der Waals surface area (Å²) in [7, 11) is 0. The largest absolute Gasteiger partial charge is 0.389 e. The number of aromatic nitrogens is 4. The van der Waals surface area contributed by atoms with E-state index in [0.29, 0.717) is 34.8 Å². The third-order valence-electron chi connectivity index (χ3n) is 6.79. The van der Waals surface area contributed by atoms with Gasteiger partial charge in [-0.1, -0.05) is 0 Å². The van der Waals surface area contributed by atoms with Gasteiger partial charge in [-0.3, -0.25) is 15.0 Å². The number of thiazole rings is 1. The van der Waals surface area contributed by atoms with Gasteiger partial charge in [0.15, 0.2) is 17.3 Å². The molecule has 2 fully saturated rings. The van der Waals surface area contributed by atoms with E-state index >= 15 is 0 Å². The van der Waals surface area contributed by atoms with Crippen LogP contribution in [0.4, 0.5) is 5.82 Å². The third kappa shape index (κ3) is 3.76. The molecule has 2 aliphatic heterocycles. The number of amidine groups is 1. The van der Waals surface area contributed by atoms with Crippen LogP contribution in [-0.2, 0) is 11.4 Å². The van der Waals surface area contributed by atoms with Crippen molar-refractivity contribution < 1.29 is 14.7 Å². The summed E-state index contributed by atoms with van der Waals surface area (Å²) < 4.78 is 1.47. The third-order valence-corrected chi connectivity index (χ3v) is 7.81. The van der Waals surface area contributed by atoms with Crippen molar-refractivity contribution in [3.05, 3.63) is 28.7 Å². The van der Waals surface area contributed by atoms with Crippen LogP contribution in [0, 0.1) is 5.41 Å². The normalized spacial score (nSPS) is 22.1. The quantitative estimate of drug-likeness (QED) is 0.231. The van der Waals surface area contributed by atoms with Gasteiger partial charge in [-0.2, -0.15) is 9.61 Å². The maximum Gasteiger partial charge on any atom is 0.289 e. The highest BCUT2D eigenvalue weighted by Gasteiger charge is 2.45. The number of ketones is 1. The van der Waals surface area contributed by atoms with Crippen LogP contribution in [0.3, 0.4) is 0 Å². The number of fused-ring (bicyclic) bond motifs is 3. The van der Waals surface area contributed by atoms with E-state index in [1.54, 1.807) is 17.3 Å². The average Bonchev–Trinajstić information content (AvgIpc) is 3.54. The Balaban J connectivity index is 1.56. The lowest BCUT2D eigenvalue weighted by Gasteiger charge is -2.39. The molecule has 0 aromatic carbocycles. The van der Waals surface area contributed by atoms with E-state index < -0.39 is 0 Å². The fourth-order valence-corrected chi connectivity index (χ4v) is 6.14. The molecule has 35 heavy (non-hydrogen) atoms. The predicted octanol–water partition coefficient (Wildman–Crippen LogP) is 1.33. The number of hydrogen-bond donors (Lipinski definition) is 4. The molecule has 6 N–H and O–H groups in total. The number of aliphatic imine (C=N–C) groups is 1. The molecule has 2 saturated heterocycles. The standard InChI is InChI=1S/C22H25N9O3S/c1-10(33)17-18(11-4-12-2-3-13(5-11)30(12)22(34)19(24)27-9-23)29-21-14(6-28-31(21)20(17)25)15-7-26-16(8-32)35-15/h6-7,9,11-13,32H,2-5,8,25H2,1H3,(H3,23,24,27)/t11?,12-,13+. The molecule has 0 aliphatic carbocycles. The summed E-state index contributed by atoms with van der Waals surface area (Å²) in [5.41, 5.74) is 14.4. The van der Waals surface area contributed by atoms with E-state index in [-0.39, 0.29) is 48.0 Å². The number of hydrogen-bond acceptors (Lipinski definition) is 9. The zero-order chi connectivity index (χ0) is 24.9. The van der Waals surface area contributed by atoms with E-state index in [0.717, 1.165) is 29.6 Å². The molecule has 3 aromatic rings. The Morgan fingerprint density at radius 1 is 1.31 bits per heavy atom. The van der Waals surface area contributed by atoms with Crippen molar-refractivity contribution in [1.82, 2.24) is 24.5 Å². The smallest absolute Gasteiger partial charge is 0.289 e. The lowest BCUT2D eigenvalue weighted by molar-refractivity contribution is -0.128. The van der Waals surface area contributed by atoms with Gasteiger partial charge in [-0.05, 0) is 32.6 Å². The summed E-state index contributed by atoms with van der Waals surface area (Å²) in [6.07, 6.45) is 6.93. The fourth-order valence-electron chi connectivity index (χ4n) is 5.36. The number of nitrogens with two attached hydrogens (primary N) is 2. The number of nitrogen functional groups attached to an aromatic ring is 1. The first-order chi connectivity index (χ1) is 16.8. The number of aliphatic hydroxyl groups is 1. The average molecular weight is 496 g/mol. The van der Waals surface area contributed by atoms with Crippen LogP contribution in [0.15, 0.2) is 17.4 Å². The van der Waals surface area contributed by atoms with Gasteiger partial charge in [0.05, 0.1) is 34.5 Å². The number of nitrogens with zero attached hydrogens (tertiary/aromatic N) is 6. The number of carbonyl (C=O) groups is 2. The zero-order valence-electron chi connectivity index (χ0n) is 19.0. The highest BCUT2D eigenvalue weighted by molar-refractivity contribution is 7.15. The first kappa shape index (κ1) is 23.1. The number of carbonyl (C=O) groups excluding carboxylic acids is 2. The number of piperidine rings is 1. The number of aliphatic hydroxyl groups excluding tert-OH is 1. The summed E-state index contributed by atoms with van der Waals surface area (Å²) in [5, 5.41) is 21.4. The first-order valence-electron chi connectivity index (χ1n) is 11.2. The lowest BCUT2D eigenvalue weighted by Crippen LogP contribution is -2.50. The van der Waals surface area contributed by atoms with Crippen LogP contribution in [0.5, 0.6) is 0 Å². The van der Waals surface area contributed by atoms with Gasteiger partial charge in [0.25, 0.3) is 5.91 Å². The number of nitrogens with one attached hydrogen (secondary N) is 1. The van der Waals surface area contributed by atoms with Gasteiger partial charge in [0.1, 0.15) is 17.2 Å². The lowest BCUT2D eigenvalue weighted by atomic mass is 9.85. The van der Waals surface area contributed by atoms with Crippen LogP contribution >= 0.6 is 11.3 Å². The molecule has 0 spiro atoms. The van der Waals surface area contributed by atoms with E-state index in [9.17, 15) is 14.7 Å². The summed E-state index contributed by atoms with van der Waals surface area (Å²) in [4.78, 5) is 40.8. The number of anilines is 1. The molecule has 0 radical (unpaired) electrons. The van der Waals surface area contributed by atoms with Crippen molar-refractivity contribution in [2.75, 3.05) is 5.73 Å². The molecule has 182 valence electrons. The molecule has 3 atom stereocenters. The summed E-state index contributed by atoms with van der Waals surface area (Å²) in [5.74, 6) is -0.612. The number of Topliss-reactive ketones (excluding diaryl/α,β-unsaturated/α-hetero) is 1. The summed E-state index contributed by atoms with van der Waals surface area (Å²) >= 11 is 1.34. The second-order valence-corrected chi connectivity index (χ2v) is 9.91. The van der Waals surface area contributed by atoms with E-state index in [4.69, 9.17) is 21.9 Å². The predicted molar refractivity (Wildman–Crippen MR) is 130 cm³/mol. The Morgan fingerprint density at radius 2 is 2.03 bits per heavy atom. The molecule has 2 aliphatic rings. The van der Waals surface area contributed by atoms with Crippen molar-refractivity contribution >= 4 is 46.7 Å². The molecule has 13 heteroatoms. The number of amides is 1. The molecular formula is C22H25N9O3S. The van der Waals surface area contributed by atoms with Gasteiger partial charge < -0.3 is 21.5 Å². The monoisotopic (exact) mass is 495 g/mol. The molecular weight excluding hydrogens is 470 g/mol. The maximum absolute atomic E-state index is 12.8.